The molecule has 0 bridgehead atoms. The van der Waals surface area contributed by atoms with E-state index < -0.39 is 0 Å². The van der Waals surface area contributed by atoms with Gasteiger partial charge in [0.1, 0.15) is 0 Å². The second-order valence-electron chi connectivity index (χ2n) is 4.93. The first-order chi connectivity index (χ1) is 10.3. The second-order valence-corrected chi connectivity index (χ2v) is 4.93. The fraction of sp³-hybridized carbons (Fsp3) is 0.500. The molecule has 3 rings (SSSR count). The summed E-state index contributed by atoms with van der Waals surface area (Å²) < 4.78 is 15.7. The lowest BCUT2D eigenvalue weighted by Crippen LogP contribution is -2.31. The number of nitrogens with one attached hydrogen (secondary N) is 1. The predicted octanol–water partition coefficient (Wildman–Crippen LogP) is 1.56. The second kappa shape index (κ2) is 6.53. The average Bonchev–Trinajstić information content (AvgIpc) is 3.24. The van der Waals surface area contributed by atoms with Gasteiger partial charge in [0, 0.05) is 26.0 Å². The maximum absolute atomic E-state index is 11.7. The number of amides is 1. The maximum atomic E-state index is 11.7. The molecule has 0 radical (unpaired) electrons. The topological polar surface area (TPSA) is 90.4 Å². The van der Waals surface area contributed by atoms with Crippen LogP contribution in [0, 0.1) is 0 Å². The molecule has 0 spiro atoms. The Hall–Kier alpha value is -2.15. The number of hydrogen-bond acceptors (Lipinski definition) is 6. The van der Waals surface area contributed by atoms with Crippen molar-refractivity contribution in [2.45, 2.75) is 31.8 Å². The van der Waals surface area contributed by atoms with Crippen LogP contribution in [-0.2, 0) is 16.0 Å². The molecule has 21 heavy (non-hydrogen) atoms. The van der Waals surface area contributed by atoms with Gasteiger partial charge >= 0.3 is 0 Å². The molecule has 0 aromatic carbocycles. The first kappa shape index (κ1) is 13.8. The fourth-order valence-electron chi connectivity index (χ4n) is 2.20. The van der Waals surface area contributed by atoms with Gasteiger partial charge in [0.05, 0.1) is 12.4 Å². The van der Waals surface area contributed by atoms with Crippen LogP contribution in [0.4, 0.5) is 0 Å². The van der Waals surface area contributed by atoms with Crippen molar-refractivity contribution in [1.29, 1.82) is 0 Å². The van der Waals surface area contributed by atoms with E-state index in [-0.39, 0.29) is 12.0 Å². The van der Waals surface area contributed by atoms with Crippen molar-refractivity contribution in [3.63, 3.8) is 0 Å². The summed E-state index contributed by atoms with van der Waals surface area (Å²) in [6.45, 7) is 1.36. The Bertz CT molecular complexity index is 573. The number of furan rings is 1. The van der Waals surface area contributed by atoms with Gasteiger partial charge in [-0.1, -0.05) is 5.16 Å². The molecular formula is C14H17N3O4. The molecule has 112 valence electrons. The number of carbonyl (C=O) groups excluding carboxylic acids is 1. The highest BCUT2D eigenvalue weighted by molar-refractivity contribution is 5.76. The Labute approximate surface area is 121 Å². The SMILES string of the molecule is O=C(CCc1nc(-c2ccco2)no1)NC[C@@H]1CCCO1. The van der Waals surface area contributed by atoms with Crippen molar-refractivity contribution in [2.75, 3.05) is 13.2 Å². The highest BCUT2D eigenvalue weighted by Crippen LogP contribution is 2.16. The molecule has 2 aromatic rings. The molecule has 1 N–H and O–H groups in total. The van der Waals surface area contributed by atoms with Gasteiger partial charge in [0.25, 0.3) is 0 Å². The van der Waals surface area contributed by atoms with Gasteiger partial charge in [-0.3, -0.25) is 4.79 Å². The van der Waals surface area contributed by atoms with E-state index in [1.54, 1.807) is 18.4 Å². The van der Waals surface area contributed by atoms with Crippen molar-refractivity contribution >= 4 is 5.91 Å². The monoisotopic (exact) mass is 291 g/mol. The average molecular weight is 291 g/mol. The molecular weight excluding hydrogens is 274 g/mol. The van der Waals surface area contributed by atoms with Crippen LogP contribution < -0.4 is 5.32 Å². The van der Waals surface area contributed by atoms with E-state index in [0.717, 1.165) is 19.4 Å². The van der Waals surface area contributed by atoms with E-state index >= 15 is 0 Å². The van der Waals surface area contributed by atoms with E-state index in [1.807, 2.05) is 0 Å². The zero-order chi connectivity index (χ0) is 14.5. The first-order valence-electron chi connectivity index (χ1n) is 7.06. The molecule has 7 nitrogen and oxygen atoms in total. The Morgan fingerprint density at radius 2 is 2.43 bits per heavy atom. The van der Waals surface area contributed by atoms with Gasteiger partial charge in [-0.25, -0.2) is 0 Å². The minimum absolute atomic E-state index is 0.0387. The minimum Gasteiger partial charge on any atom is -0.461 e. The molecule has 1 aliphatic rings. The molecule has 1 atom stereocenters. The first-order valence-corrected chi connectivity index (χ1v) is 7.06. The molecule has 7 heteroatoms. The number of aromatic nitrogens is 2. The Morgan fingerprint density at radius 3 is 3.19 bits per heavy atom. The molecule has 1 aliphatic heterocycles. The summed E-state index contributed by atoms with van der Waals surface area (Å²) in [7, 11) is 0. The van der Waals surface area contributed by atoms with E-state index in [1.165, 1.54) is 0 Å². The third kappa shape index (κ3) is 3.69. The quantitative estimate of drug-likeness (QED) is 0.868. The number of aryl methyl sites for hydroxylation is 1. The largest absolute Gasteiger partial charge is 0.461 e. The number of carbonyl (C=O) groups is 1. The molecule has 0 unspecified atom stereocenters. The summed E-state index contributed by atoms with van der Waals surface area (Å²) >= 11 is 0. The van der Waals surface area contributed by atoms with Crippen molar-refractivity contribution < 1.29 is 18.5 Å². The smallest absolute Gasteiger partial charge is 0.238 e. The van der Waals surface area contributed by atoms with E-state index in [2.05, 4.69) is 15.5 Å². The molecule has 2 aromatic heterocycles. The lowest BCUT2D eigenvalue weighted by Gasteiger charge is -2.09. The summed E-state index contributed by atoms with van der Waals surface area (Å²) in [6.07, 6.45) is 4.50. The Morgan fingerprint density at radius 1 is 1.48 bits per heavy atom. The molecule has 0 aliphatic carbocycles. The van der Waals surface area contributed by atoms with E-state index in [9.17, 15) is 4.79 Å². The molecule has 0 saturated carbocycles. The lowest BCUT2D eigenvalue weighted by atomic mass is 10.2. The molecule has 1 saturated heterocycles. The number of nitrogens with zero attached hydrogens (tertiary/aromatic N) is 2. The summed E-state index contributed by atoms with van der Waals surface area (Å²) in [4.78, 5) is 15.9. The predicted molar refractivity (Wildman–Crippen MR) is 72.3 cm³/mol. The summed E-state index contributed by atoms with van der Waals surface area (Å²) in [5, 5.41) is 6.67. The number of hydrogen-bond donors (Lipinski definition) is 1. The summed E-state index contributed by atoms with van der Waals surface area (Å²) in [5.74, 6) is 1.33. The van der Waals surface area contributed by atoms with Crippen LogP contribution in [0.15, 0.2) is 27.3 Å². The highest BCUT2D eigenvalue weighted by atomic mass is 16.5. The van der Waals surface area contributed by atoms with Gasteiger partial charge in [-0.05, 0) is 25.0 Å². The van der Waals surface area contributed by atoms with Crippen molar-refractivity contribution in [3.05, 3.63) is 24.3 Å². The fourth-order valence-corrected chi connectivity index (χ4v) is 2.20. The van der Waals surface area contributed by atoms with Gasteiger partial charge in [0.2, 0.25) is 17.6 Å². The molecule has 1 fully saturated rings. The Balaban J connectivity index is 1.43. The Kier molecular flexibility index (Phi) is 4.30. The third-order valence-corrected chi connectivity index (χ3v) is 3.33. The minimum atomic E-state index is -0.0387. The summed E-state index contributed by atoms with van der Waals surface area (Å²) in [6, 6.07) is 3.51. The number of rotatable bonds is 6. The van der Waals surface area contributed by atoms with E-state index in [0.29, 0.717) is 36.9 Å². The van der Waals surface area contributed by atoms with Crippen LogP contribution in [0.2, 0.25) is 0 Å². The van der Waals surface area contributed by atoms with Gasteiger partial charge in [-0.15, -0.1) is 0 Å². The van der Waals surface area contributed by atoms with Crippen LogP contribution in [0.5, 0.6) is 0 Å². The standard InChI is InChI=1S/C14H17N3O4/c18-12(15-9-10-3-1-7-19-10)5-6-13-16-14(17-21-13)11-4-2-8-20-11/h2,4,8,10H,1,3,5-7,9H2,(H,15,18)/t10-/m0/s1. The van der Waals surface area contributed by atoms with Crippen LogP contribution in [0.25, 0.3) is 11.6 Å². The third-order valence-electron chi connectivity index (χ3n) is 3.33. The van der Waals surface area contributed by atoms with Gasteiger partial charge in [-0.2, -0.15) is 4.98 Å². The van der Waals surface area contributed by atoms with Crippen LogP contribution in [-0.4, -0.2) is 35.3 Å². The van der Waals surface area contributed by atoms with Crippen molar-refractivity contribution in [3.8, 4) is 11.6 Å². The van der Waals surface area contributed by atoms with Gasteiger partial charge < -0.3 is 19.0 Å². The zero-order valence-corrected chi connectivity index (χ0v) is 11.6. The van der Waals surface area contributed by atoms with Crippen LogP contribution in [0.3, 0.4) is 0 Å². The number of ether oxygens (including phenoxy) is 1. The molecule has 3 heterocycles. The van der Waals surface area contributed by atoms with E-state index in [4.69, 9.17) is 13.7 Å². The zero-order valence-electron chi connectivity index (χ0n) is 11.6. The maximum Gasteiger partial charge on any atom is 0.238 e. The van der Waals surface area contributed by atoms with Crippen LogP contribution >= 0.6 is 0 Å². The summed E-state index contributed by atoms with van der Waals surface area (Å²) in [5.41, 5.74) is 0. The van der Waals surface area contributed by atoms with Crippen molar-refractivity contribution in [2.24, 2.45) is 0 Å². The van der Waals surface area contributed by atoms with Crippen molar-refractivity contribution in [1.82, 2.24) is 15.5 Å². The lowest BCUT2D eigenvalue weighted by molar-refractivity contribution is -0.121. The molecule has 1 amide bonds. The normalized spacial score (nSPS) is 18.0. The van der Waals surface area contributed by atoms with Crippen LogP contribution in [0.1, 0.15) is 25.2 Å². The highest BCUT2D eigenvalue weighted by Gasteiger charge is 2.17. The van der Waals surface area contributed by atoms with Gasteiger partial charge in [0.15, 0.2) is 5.76 Å².